The monoisotopic (exact) mass is 407 g/mol. The summed E-state index contributed by atoms with van der Waals surface area (Å²) in [7, 11) is 0. The number of halogens is 2. The lowest BCUT2D eigenvalue weighted by molar-refractivity contribution is -0.289. The van der Waals surface area contributed by atoms with Gasteiger partial charge < -0.3 is 29.9 Å². The molecular weight excluding hydrogens is 394 g/mol. The van der Waals surface area contributed by atoms with Crippen molar-refractivity contribution in [3.05, 3.63) is 33.0 Å². The van der Waals surface area contributed by atoms with E-state index in [0.717, 1.165) is 0 Å². The first-order chi connectivity index (χ1) is 10.9. The molecule has 0 aromatic heterocycles. The Morgan fingerprint density at radius 3 is 2.70 bits per heavy atom. The molecule has 1 fully saturated rings. The summed E-state index contributed by atoms with van der Waals surface area (Å²) in [6.45, 7) is -0.525. The SMILES string of the molecule is OC[C@H]1O[C@@H](OC2=C3C(Cl)=C(Br)C=CC3N=C2)[C@H](O)[C@@H](O)[C@H]1O. The number of nitrogens with zero attached hydrogens (tertiary/aromatic N) is 1. The molecule has 4 N–H and O–H groups in total. The molecule has 0 aromatic carbocycles. The van der Waals surface area contributed by atoms with Gasteiger partial charge in [0.15, 0.2) is 0 Å². The number of ether oxygens (including phenoxy) is 2. The molecule has 0 aromatic rings. The molecule has 126 valence electrons. The number of allylic oxidation sites excluding steroid dienone is 3. The standard InChI is InChI=1S/C14H15BrClNO6/c15-5-1-2-6-9(10(5)16)7(3-17-6)22-14-13(21)12(20)11(19)8(4-18)23-14/h1-3,6,8,11-14,18-21H,4H2/t6?,8-,11+,12+,13-,14-/m1/s1. The van der Waals surface area contributed by atoms with E-state index < -0.39 is 37.3 Å². The van der Waals surface area contributed by atoms with Crippen LogP contribution in [0.1, 0.15) is 0 Å². The van der Waals surface area contributed by atoms with Crippen LogP contribution in [0.4, 0.5) is 0 Å². The van der Waals surface area contributed by atoms with Crippen LogP contribution in [0, 0.1) is 0 Å². The van der Waals surface area contributed by atoms with Crippen molar-refractivity contribution in [3.63, 3.8) is 0 Å². The minimum Gasteiger partial charge on any atom is -0.460 e. The molecule has 1 aliphatic carbocycles. The van der Waals surface area contributed by atoms with Crippen molar-refractivity contribution in [2.45, 2.75) is 36.7 Å². The zero-order valence-electron chi connectivity index (χ0n) is 11.7. The van der Waals surface area contributed by atoms with Crippen LogP contribution >= 0.6 is 27.5 Å². The molecule has 3 rings (SSSR count). The molecule has 1 saturated heterocycles. The van der Waals surface area contributed by atoms with Crippen LogP contribution in [0.2, 0.25) is 0 Å². The van der Waals surface area contributed by atoms with Gasteiger partial charge in [0.25, 0.3) is 0 Å². The normalized spacial score (nSPS) is 39.9. The minimum absolute atomic E-state index is 0.288. The number of aliphatic hydroxyl groups excluding tert-OH is 4. The minimum atomic E-state index is -1.50. The van der Waals surface area contributed by atoms with Crippen LogP contribution in [0.15, 0.2) is 38.0 Å². The molecule has 0 spiro atoms. The molecule has 23 heavy (non-hydrogen) atoms. The maximum atomic E-state index is 10.0. The maximum absolute atomic E-state index is 10.0. The predicted octanol–water partition coefficient (Wildman–Crippen LogP) is -0.0749. The van der Waals surface area contributed by atoms with Gasteiger partial charge in [-0.15, -0.1) is 0 Å². The third-order valence-electron chi connectivity index (χ3n) is 3.88. The van der Waals surface area contributed by atoms with Crippen LogP contribution in [0.3, 0.4) is 0 Å². The van der Waals surface area contributed by atoms with Crippen molar-refractivity contribution in [1.82, 2.24) is 0 Å². The molecule has 0 bridgehead atoms. The molecule has 0 radical (unpaired) electrons. The third kappa shape index (κ3) is 3.00. The van der Waals surface area contributed by atoms with E-state index in [1.54, 1.807) is 6.08 Å². The van der Waals surface area contributed by atoms with Crippen molar-refractivity contribution >= 4 is 33.7 Å². The summed E-state index contributed by atoms with van der Waals surface area (Å²) < 4.78 is 11.6. The summed E-state index contributed by atoms with van der Waals surface area (Å²) in [5, 5.41) is 39.2. The zero-order valence-corrected chi connectivity index (χ0v) is 14.1. The first-order valence-electron chi connectivity index (χ1n) is 6.92. The smallest absolute Gasteiger partial charge is 0.229 e. The number of hydrogen-bond donors (Lipinski definition) is 4. The Bertz CT molecular complexity index is 616. The fraction of sp³-hybridized carbons (Fsp3) is 0.500. The average Bonchev–Trinajstić information content (AvgIpc) is 2.95. The quantitative estimate of drug-likeness (QED) is 0.520. The number of rotatable bonds is 3. The Labute approximate surface area is 145 Å². The fourth-order valence-corrected chi connectivity index (χ4v) is 3.22. The predicted molar refractivity (Wildman–Crippen MR) is 85.1 cm³/mol. The Balaban J connectivity index is 1.84. The van der Waals surface area contributed by atoms with Gasteiger partial charge in [0.2, 0.25) is 6.29 Å². The first-order valence-corrected chi connectivity index (χ1v) is 8.09. The van der Waals surface area contributed by atoms with E-state index in [0.29, 0.717) is 20.8 Å². The molecule has 2 heterocycles. The van der Waals surface area contributed by atoms with Gasteiger partial charge in [-0.05, 0) is 22.0 Å². The van der Waals surface area contributed by atoms with Crippen LogP contribution in [-0.2, 0) is 9.47 Å². The number of hydrogen-bond acceptors (Lipinski definition) is 7. The van der Waals surface area contributed by atoms with Crippen molar-refractivity contribution in [2.24, 2.45) is 4.99 Å². The van der Waals surface area contributed by atoms with Crippen molar-refractivity contribution in [3.8, 4) is 0 Å². The number of aliphatic hydroxyl groups is 4. The summed E-state index contributed by atoms with van der Waals surface area (Å²) in [5.74, 6) is 0.297. The second-order valence-corrected chi connectivity index (χ2v) is 6.57. The van der Waals surface area contributed by atoms with E-state index in [2.05, 4.69) is 20.9 Å². The molecule has 9 heteroatoms. The van der Waals surface area contributed by atoms with E-state index in [1.165, 1.54) is 6.21 Å². The van der Waals surface area contributed by atoms with Crippen molar-refractivity contribution in [1.29, 1.82) is 0 Å². The molecule has 3 aliphatic rings. The van der Waals surface area contributed by atoms with Gasteiger partial charge in [0.05, 0.1) is 23.9 Å². The van der Waals surface area contributed by atoms with E-state index in [-0.39, 0.29) is 6.04 Å². The zero-order chi connectivity index (χ0) is 16.7. The fourth-order valence-electron chi connectivity index (χ4n) is 2.58. The highest BCUT2D eigenvalue weighted by Crippen LogP contribution is 2.38. The molecule has 0 amide bonds. The lowest BCUT2D eigenvalue weighted by atomic mass is 9.99. The van der Waals surface area contributed by atoms with Gasteiger partial charge in [-0.25, -0.2) is 0 Å². The summed E-state index contributed by atoms with van der Waals surface area (Å²) in [6, 6.07) is -0.288. The second-order valence-electron chi connectivity index (χ2n) is 5.34. The van der Waals surface area contributed by atoms with E-state index >= 15 is 0 Å². The molecule has 6 atom stereocenters. The topological polar surface area (TPSA) is 112 Å². The Kier molecular flexibility index (Phi) is 4.93. The summed E-state index contributed by atoms with van der Waals surface area (Å²) in [6.07, 6.45) is -1.67. The molecule has 2 aliphatic heterocycles. The third-order valence-corrected chi connectivity index (χ3v) is 5.17. The number of fused-ring (bicyclic) bond motifs is 1. The first kappa shape index (κ1) is 17.1. The lowest BCUT2D eigenvalue weighted by Gasteiger charge is -2.39. The van der Waals surface area contributed by atoms with Gasteiger partial charge >= 0.3 is 0 Å². The van der Waals surface area contributed by atoms with Crippen molar-refractivity contribution in [2.75, 3.05) is 6.61 Å². The largest absolute Gasteiger partial charge is 0.460 e. The highest BCUT2D eigenvalue weighted by Gasteiger charge is 2.45. The highest BCUT2D eigenvalue weighted by molar-refractivity contribution is 9.12. The summed E-state index contributed by atoms with van der Waals surface area (Å²) in [4.78, 5) is 4.24. The molecular formula is C14H15BrClNO6. The molecule has 0 saturated carbocycles. The summed E-state index contributed by atoms with van der Waals surface area (Å²) in [5.41, 5.74) is 0.609. The number of aliphatic imine (C=N–C) groups is 1. The van der Waals surface area contributed by atoms with E-state index in [9.17, 15) is 20.4 Å². The Morgan fingerprint density at radius 1 is 1.26 bits per heavy atom. The van der Waals surface area contributed by atoms with Crippen LogP contribution < -0.4 is 0 Å². The van der Waals surface area contributed by atoms with Gasteiger partial charge in [-0.2, -0.15) is 0 Å². The molecule has 7 nitrogen and oxygen atoms in total. The van der Waals surface area contributed by atoms with Crippen LogP contribution in [0.5, 0.6) is 0 Å². The molecule has 1 unspecified atom stereocenters. The van der Waals surface area contributed by atoms with Crippen molar-refractivity contribution < 1.29 is 29.9 Å². The summed E-state index contributed by atoms with van der Waals surface area (Å²) >= 11 is 9.58. The lowest BCUT2D eigenvalue weighted by Crippen LogP contribution is -2.59. The van der Waals surface area contributed by atoms with Crippen LogP contribution in [-0.4, -0.2) is 70.0 Å². The average molecular weight is 409 g/mol. The van der Waals surface area contributed by atoms with Gasteiger partial charge in [0.1, 0.15) is 30.2 Å². The highest BCUT2D eigenvalue weighted by atomic mass is 79.9. The van der Waals surface area contributed by atoms with E-state index in [4.69, 9.17) is 21.1 Å². The van der Waals surface area contributed by atoms with Gasteiger partial charge in [-0.3, -0.25) is 4.99 Å². The van der Waals surface area contributed by atoms with Gasteiger partial charge in [-0.1, -0.05) is 17.7 Å². The maximum Gasteiger partial charge on any atom is 0.229 e. The Morgan fingerprint density at radius 2 is 2.00 bits per heavy atom. The second kappa shape index (κ2) is 6.64. The van der Waals surface area contributed by atoms with E-state index in [1.807, 2.05) is 6.08 Å². The van der Waals surface area contributed by atoms with Crippen LogP contribution in [0.25, 0.3) is 0 Å². The van der Waals surface area contributed by atoms with Gasteiger partial charge in [0, 0.05) is 10.1 Å². The Hall–Kier alpha value is -0.740.